The highest BCUT2D eigenvalue weighted by atomic mass is 16.3. The fourth-order valence-electron chi connectivity index (χ4n) is 2.42. The van der Waals surface area contributed by atoms with Gasteiger partial charge in [0.1, 0.15) is 0 Å². The summed E-state index contributed by atoms with van der Waals surface area (Å²) >= 11 is 0. The predicted octanol–water partition coefficient (Wildman–Crippen LogP) is 2.74. The lowest BCUT2D eigenvalue weighted by atomic mass is 9.95. The smallest absolute Gasteiger partial charge is 0.0462 e. The van der Waals surface area contributed by atoms with E-state index >= 15 is 0 Å². The van der Waals surface area contributed by atoms with Crippen LogP contribution >= 0.6 is 0 Å². The highest BCUT2D eigenvalue weighted by Gasteiger charge is 2.12. The fourth-order valence-corrected chi connectivity index (χ4v) is 2.42. The third-order valence-electron chi connectivity index (χ3n) is 3.52. The van der Waals surface area contributed by atoms with E-state index in [2.05, 4.69) is 25.1 Å². The highest BCUT2D eigenvalue weighted by molar-refractivity contribution is 5.35. The van der Waals surface area contributed by atoms with Gasteiger partial charge in [-0.15, -0.1) is 0 Å². The van der Waals surface area contributed by atoms with E-state index in [0.29, 0.717) is 12.5 Å². The van der Waals surface area contributed by atoms with E-state index in [4.69, 9.17) is 0 Å². The topological polar surface area (TPSA) is 20.2 Å². The Bertz CT molecular complexity index is 326. The molecule has 1 atom stereocenters. The zero-order valence-corrected chi connectivity index (χ0v) is 9.50. The summed E-state index contributed by atoms with van der Waals surface area (Å²) in [4.78, 5) is 0. The predicted molar refractivity (Wildman–Crippen MR) is 63.0 cm³/mol. The molecular weight excluding hydrogens is 184 g/mol. The molecule has 0 spiro atoms. The Morgan fingerprint density at radius 3 is 2.80 bits per heavy atom. The van der Waals surface area contributed by atoms with Gasteiger partial charge in [0.05, 0.1) is 0 Å². The molecule has 0 saturated heterocycles. The van der Waals surface area contributed by atoms with Crippen LogP contribution in [0.2, 0.25) is 0 Å². The van der Waals surface area contributed by atoms with Gasteiger partial charge in [0, 0.05) is 6.61 Å². The van der Waals surface area contributed by atoms with Crippen molar-refractivity contribution in [2.45, 2.75) is 39.0 Å². The van der Waals surface area contributed by atoms with Gasteiger partial charge in [-0.1, -0.05) is 31.5 Å². The first kappa shape index (κ1) is 10.7. The van der Waals surface area contributed by atoms with Crippen LogP contribution in [0, 0.1) is 5.92 Å². The maximum absolute atomic E-state index is 9.18. The summed E-state index contributed by atoms with van der Waals surface area (Å²) in [5.41, 5.74) is 4.48. The number of aliphatic hydroxyl groups is 1. The quantitative estimate of drug-likeness (QED) is 0.799. The van der Waals surface area contributed by atoms with Gasteiger partial charge < -0.3 is 5.11 Å². The first-order valence-corrected chi connectivity index (χ1v) is 6.05. The number of fused-ring (bicyclic) bond motifs is 1. The van der Waals surface area contributed by atoms with Crippen molar-refractivity contribution in [1.82, 2.24) is 0 Å². The Balaban J connectivity index is 2.09. The molecule has 1 aliphatic rings. The minimum atomic E-state index is 0.313. The molecule has 0 amide bonds. The van der Waals surface area contributed by atoms with Crippen LogP contribution in [0.3, 0.4) is 0 Å². The Morgan fingerprint density at radius 2 is 2.07 bits per heavy atom. The molecule has 2 rings (SSSR count). The molecule has 0 bridgehead atoms. The van der Waals surface area contributed by atoms with Crippen molar-refractivity contribution in [3.8, 4) is 0 Å². The minimum Gasteiger partial charge on any atom is -0.396 e. The number of hydrogen-bond donors (Lipinski definition) is 1. The molecule has 0 fully saturated rings. The second-order valence-electron chi connectivity index (χ2n) is 4.62. The maximum atomic E-state index is 9.18. The minimum absolute atomic E-state index is 0.313. The van der Waals surface area contributed by atoms with Crippen LogP contribution in [0.5, 0.6) is 0 Å². The van der Waals surface area contributed by atoms with Crippen LogP contribution in [0.15, 0.2) is 18.2 Å². The largest absolute Gasteiger partial charge is 0.396 e. The number of aliphatic hydroxyl groups excluding tert-OH is 1. The first-order valence-electron chi connectivity index (χ1n) is 6.05. The molecule has 15 heavy (non-hydrogen) atoms. The number of hydrogen-bond acceptors (Lipinski definition) is 1. The Labute approximate surface area is 92.1 Å². The second-order valence-corrected chi connectivity index (χ2v) is 4.62. The van der Waals surface area contributed by atoms with Crippen molar-refractivity contribution >= 4 is 0 Å². The molecule has 1 aliphatic carbocycles. The van der Waals surface area contributed by atoms with Gasteiger partial charge in [-0.25, -0.2) is 0 Å². The third-order valence-corrected chi connectivity index (χ3v) is 3.52. The number of rotatable bonds is 4. The van der Waals surface area contributed by atoms with E-state index in [0.717, 1.165) is 12.8 Å². The summed E-state index contributed by atoms with van der Waals surface area (Å²) in [5, 5.41) is 9.18. The van der Waals surface area contributed by atoms with Gasteiger partial charge >= 0.3 is 0 Å². The molecular formula is C14H20O. The molecule has 0 heterocycles. The molecule has 1 aromatic carbocycles. The standard InChI is InChI=1S/C14H20O/c1-2-11(10-15)8-12-6-7-13-4-3-5-14(13)9-12/h6-7,9,11,15H,2-5,8,10H2,1H3. The molecule has 0 aromatic heterocycles. The van der Waals surface area contributed by atoms with E-state index in [9.17, 15) is 5.11 Å². The monoisotopic (exact) mass is 204 g/mol. The van der Waals surface area contributed by atoms with Crippen molar-refractivity contribution in [2.75, 3.05) is 6.61 Å². The summed E-state index contributed by atoms with van der Waals surface area (Å²) in [6, 6.07) is 6.87. The van der Waals surface area contributed by atoms with Crippen LogP contribution in [-0.4, -0.2) is 11.7 Å². The van der Waals surface area contributed by atoms with E-state index in [1.54, 1.807) is 5.56 Å². The molecule has 0 radical (unpaired) electrons. The van der Waals surface area contributed by atoms with Crippen LogP contribution < -0.4 is 0 Å². The van der Waals surface area contributed by atoms with Gasteiger partial charge in [0.2, 0.25) is 0 Å². The second kappa shape index (κ2) is 4.80. The van der Waals surface area contributed by atoms with Crippen LogP contribution in [0.25, 0.3) is 0 Å². The summed E-state index contributed by atoms with van der Waals surface area (Å²) < 4.78 is 0. The number of benzene rings is 1. The third kappa shape index (κ3) is 2.40. The lowest BCUT2D eigenvalue weighted by Crippen LogP contribution is -2.08. The normalized spacial score (nSPS) is 16.4. The van der Waals surface area contributed by atoms with Crippen LogP contribution in [0.1, 0.15) is 36.5 Å². The molecule has 1 N–H and O–H groups in total. The van der Waals surface area contributed by atoms with Crippen molar-refractivity contribution < 1.29 is 5.11 Å². The molecule has 1 aromatic rings. The molecule has 0 saturated carbocycles. The molecule has 1 heteroatoms. The van der Waals surface area contributed by atoms with E-state index < -0.39 is 0 Å². The lowest BCUT2D eigenvalue weighted by molar-refractivity contribution is 0.222. The van der Waals surface area contributed by atoms with Crippen molar-refractivity contribution in [3.05, 3.63) is 34.9 Å². The molecule has 0 aliphatic heterocycles. The van der Waals surface area contributed by atoms with Crippen LogP contribution in [0.4, 0.5) is 0 Å². The van der Waals surface area contributed by atoms with Gasteiger partial charge in [-0.2, -0.15) is 0 Å². The van der Waals surface area contributed by atoms with Gasteiger partial charge in [-0.3, -0.25) is 0 Å². The van der Waals surface area contributed by atoms with Gasteiger partial charge in [0.15, 0.2) is 0 Å². The van der Waals surface area contributed by atoms with Crippen molar-refractivity contribution in [1.29, 1.82) is 0 Å². The maximum Gasteiger partial charge on any atom is 0.0462 e. The summed E-state index contributed by atoms with van der Waals surface area (Å²) in [7, 11) is 0. The van der Waals surface area contributed by atoms with Crippen LogP contribution in [-0.2, 0) is 19.3 Å². The van der Waals surface area contributed by atoms with E-state index in [1.807, 2.05) is 0 Å². The Kier molecular flexibility index (Phi) is 3.42. The Morgan fingerprint density at radius 1 is 1.27 bits per heavy atom. The molecule has 82 valence electrons. The van der Waals surface area contributed by atoms with E-state index in [1.165, 1.54) is 30.4 Å². The highest BCUT2D eigenvalue weighted by Crippen LogP contribution is 2.24. The Hall–Kier alpha value is -0.820. The van der Waals surface area contributed by atoms with E-state index in [-0.39, 0.29) is 0 Å². The fraction of sp³-hybridized carbons (Fsp3) is 0.571. The average Bonchev–Trinajstić information content (AvgIpc) is 2.73. The summed E-state index contributed by atoms with van der Waals surface area (Å²) in [6.07, 6.45) is 5.91. The summed E-state index contributed by atoms with van der Waals surface area (Å²) in [5.74, 6) is 0.435. The zero-order valence-electron chi connectivity index (χ0n) is 9.50. The van der Waals surface area contributed by atoms with Gasteiger partial charge in [0.25, 0.3) is 0 Å². The summed E-state index contributed by atoms with van der Waals surface area (Å²) in [6.45, 7) is 2.46. The lowest BCUT2D eigenvalue weighted by Gasteiger charge is -2.12. The average molecular weight is 204 g/mol. The SMILES string of the molecule is CCC(CO)Cc1ccc2c(c1)CCC2. The van der Waals surface area contributed by atoms with Crippen molar-refractivity contribution in [3.63, 3.8) is 0 Å². The zero-order chi connectivity index (χ0) is 10.7. The number of aryl methyl sites for hydroxylation is 2. The van der Waals surface area contributed by atoms with Gasteiger partial charge in [-0.05, 0) is 48.3 Å². The molecule has 1 nitrogen and oxygen atoms in total. The van der Waals surface area contributed by atoms with Crippen molar-refractivity contribution in [2.24, 2.45) is 5.92 Å². The first-order chi connectivity index (χ1) is 7.33. The molecule has 1 unspecified atom stereocenters.